The average Bonchev–Trinajstić information content (AvgIpc) is 3.08. The summed E-state index contributed by atoms with van der Waals surface area (Å²) in [6, 6.07) is 0. The third-order valence-electron chi connectivity index (χ3n) is 8.19. The number of hydrogen-bond donors (Lipinski definition) is 2. The van der Waals surface area contributed by atoms with Gasteiger partial charge in [-0.3, -0.25) is 14.8 Å². The molecule has 194 valence electrons. The fraction of sp³-hybridized carbons (Fsp3) is 0.846. The zero-order valence-electron chi connectivity index (χ0n) is 21.4. The molecule has 3 aliphatic rings. The smallest absolute Gasteiger partial charge is 0.306 e. The van der Waals surface area contributed by atoms with Gasteiger partial charge in [0.05, 0.1) is 12.2 Å². The van der Waals surface area contributed by atoms with Gasteiger partial charge in [-0.05, 0) is 56.9 Å². The number of aliphatic hydroxyl groups is 1. The molecule has 0 amide bonds. The lowest BCUT2D eigenvalue weighted by Crippen LogP contribution is -2.60. The quantitative estimate of drug-likeness (QED) is 0.252. The molecule has 8 nitrogen and oxygen atoms in total. The zero-order valence-corrected chi connectivity index (χ0v) is 21.4. The molecule has 1 saturated carbocycles. The van der Waals surface area contributed by atoms with E-state index in [4.69, 9.17) is 19.1 Å². The molecule has 1 aliphatic carbocycles. The Bertz CT molecular complexity index is 781. The first-order valence-corrected chi connectivity index (χ1v) is 12.6. The van der Waals surface area contributed by atoms with E-state index in [0.29, 0.717) is 37.7 Å². The molecule has 0 unspecified atom stereocenters. The second-order valence-electron chi connectivity index (χ2n) is 11.2. The van der Waals surface area contributed by atoms with E-state index < -0.39 is 41.6 Å². The van der Waals surface area contributed by atoms with Crippen molar-refractivity contribution in [2.45, 2.75) is 116 Å². The van der Waals surface area contributed by atoms with Crippen LogP contribution in [0.4, 0.5) is 0 Å². The first kappa shape index (κ1) is 27.1. The highest BCUT2D eigenvalue weighted by Gasteiger charge is 2.66. The van der Waals surface area contributed by atoms with E-state index in [-0.39, 0.29) is 36.1 Å². The summed E-state index contributed by atoms with van der Waals surface area (Å²) in [5, 5.41) is 20.9. The van der Waals surface area contributed by atoms with E-state index >= 15 is 0 Å². The van der Waals surface area contributed by atoms with Crippen LogP contribution >= 0.6 is 0 Å². The van der Waals surface area contributed by atoms with Crippen LogP contribution in [0, 0.1) is 23.7 Å². The predicted octanol–water partition coefficient (Wildman–Crippen LogP) is 4.05. The van der Waals surface area contributed by atoms with E-state index in [1.54, 1.807) is 0 Å². The normalized spacial score (nSPS) is 42.4. The Balaban J connectivity index is 2.15. The average molecular weight is 483 g/mol. The molecule has 8 heteroatoms. The van der Waals surface area contributed by atoms with Crippen molar-refractivity contribution in [3.63, 3.8) is 0 Å². The Morgan fingerprint density at radius 2 is 1.91 bits per heavy atom. The van der Waals surface area contributed by atoms with Crippen molar-refractivity contribution >= 4 is 11.9 Å². The van der Waals surface area contributed by atoms with Gasteiger partial charge in [-0.2, -0.15) is 0 Å². The van der Waals surface area contributed by atoms with Gasteiger partial charge in [0.1, 0.15) is 23.4 Å². The summed E-state index contributed by atoms with van der Waals surface area (Å²) in [6.07, 6.45) is 0.184. The van der Waals surface area contributed by atoms with Crippen LogP contribution in [-0.4, -0.2) is 57.9 Å². The molecule has 2 heterocycles. The van der Waals surface area contributed by atoms with E-state index in [1.165, 1.54) is 6.92 Å². The van der Waals surface area contributed by atoms with Crippen molar-refractivity contribution in [2.24, 2.45) is 23.7 Å². The Hall–Kier alpha value is -1.48. The van der Waals surface area contributed by atoms with E-state index in [2.05, 4.69) is 20.4 Å². The third kappa shape index (κ3) is 5.06. The molecular formula is C26H42O8. The van der Waals surface area contributed by atoms with Crippen LogP contribution in [0.1, 0.15) is 80.1 Å². The lowest BCUT2D eigenvalue weighted by molar-refractivity contribution is -0.272. The molecule has 3 rings (SSSR count). The molecule has 3 fully saturated rings. The van der Waals surface area contributed by atoms with Crippen molar-refractivity contribution < 1.29 is 39.1 Å². The minimum absolute atomic E-state index is 0.129. The Morgan fingerprint density at radius 3 is 2.47 bits per heavy atom. The minimum Gasteiger partial charge on any atom is -0.459 e. The molecule has 0 aromatic carbocycles. The summed E-state index contributed by atoms with van der Waals surface area (Å²) < 4.78 is 18.7. The van der Waals surface area contributed by atoms with E-state index in [0.717, 1.165) is 0 Å². The van der Waals surface area contributed by atoms with Crippen LogP contribution in [-0.2, 0) is 28.7 Å². The highest BCUT2D eigenvalue weighted by molar-refractivity contribution is 5.70. The number of carbonyl (C=O) groups is 2. The molecule has 0 aromatic heterocycles. The van der Waals surface area contributed by atoms with Crippen molar-refractivity contribution in [3.8, 4) is 0 Å². The topological polar surface area (TPSA) is 112 Å². The molecule has 9 atom stereocenters. The summed E-state index contributed by atoms with van der Waals surface area (Å²) in [5.74, 6) is -1.20. The van der Waals surface area contributed by atoms with Crippen LogP contribution in [0.2, 0.25) is 0 Å². The molecule has 0 aromatic rings. The maximum atomic E-state index is 12.7. The fourth-order valence-corrected chi connectivity index (χ4v) is 6.94. The van der Waals surface area contributed by atoms with Crippen LogP contribution < -0.4 is 0 Å². The summed E-state index contributed by atoms with van der Waals surface area (Å²) in [4.78, 5) is 29.6. The number of rotatable bonds is 6. The number of carbonyl (C=O) groups excluding carboxylic acids is 2. The summed E-state index contributed by atoms with van der Waals surface area (Å²) in [6.45, 7) is 15.3. The molecule has 2 N–H and O–H groups in total. The Labute approximate surface area is 202 Å². The minimum atomic E-state index is -1.02. The van der Waals surface area contributed by atoms with Crippen molar-refractivity contribution in [1.82, 2.24) is 0 Å². The van der Waals surface area contributed by atoms with Gasteiger partial charge in [0.15, 0.2) is 0 Å². The molecule has 2 bridgehead atoms. The number of fused-ring (bicyclic) bond motifs is 5. The van der Waals surface area contributed by atoms with E-state index in [1.807, 2.05) is 20.8 Å². The van der Waals surface area contributed by atoms with Crippen LogP contribution in [0.5, 0.6) is 0 Å². The van der Waals surface area contributed by atoms with Gasteiger partial charge in [-0.25, -0.2) is 4.89 Å². The molecular weight excluding hydrogens is 440 g/mol. The molecule has 34 heavy (non-hydrogen) atoms. The van der Waals surface area contributed by atoms with Crippen LogP contribution in [0.25, 0.3) is 0 Å². The van der Waals surface area contributed by atoms with Crippen LogP contribution in [0.15, 0.2) is 12.2 Å². The van der Waals surface area contributed by atoms with E-state index in [9.17, 15) is 20.0 Å². The van der Waals surface area contributed by atoms with Gasteiger partial charge in [0, 0.05) is 31.6 Å². The van der Waals surface area contributed by atoms with Crippen LogP contribution in [0.3, 0.4) is 0 Å². The fourth-order valence-electron chi connectivity index (χ4n) is 6.94. The molecule has 2 saturated heterocycles. The number of aliphatic hydroxyl groups excluding tert-OH is 1. The van der Waals surface area contributed by atoms with Gasteiger partial charge in [0.25, 0.3) is 0 Å². The highest BCUT2D eigenvalue weighted by Crippen LogP contribution is 2.58. The summed E-state index contributed by atoms with van der Waals surface area (Å²) >= 11 is 0. The molecule has 2 aliphatic heterocycles. The Morgan fingerprint density at radius 1 is 1.24 bits per heavy atom. The maximum Gasteiger partial charge on any atom is 0.306 e. The van der Waals surface area contributed by atoms with Gasteiger partial charge >= 0.3 is 11.9 Å². The Kier molecular flexibility index (Phi) is 8.17. The monoisotopic (exact) mass is 482 g/mol. The SMILES string of the molecule is C=C1C[C@H]2O[C@H]([C@@H]3[C@@H](C(C)C)[C@H](O)C[C@@](C)(OC(C)=O)[C@@H]32)[C@](C)(OC(=O)CCC)CC[C@@H]1OO. The van der Waals surface area contributed by atoms with Gasteiger partial charge in [-0.1, -0.05) is 27.4 Å². The second kappa shape index (κ2) is 10.2. The maximum absolute atomic E-state index is 12.7. The summed E-state index contributed by atoms with van der Waals surface area (Å²) in [5.41, 5.74) is -1.31. The number of ether oxygens (including phenoxy) is 3. The van der Waals surface area contributed by atoms with Gasteiger partial charge in [0.2, 0.25) is 0 Å². The molecule has 0 spiro atoms. The highest BCUT2D eigenvalue weighted by atomic mass is 17.1. The van der Waals surface area contributed by atoms with Gasteiger partial charge in [-0.15, -0.1) is 0 Å². The third-order valence-corrected chi connectivity index (χ3v) is 8.19. The number of hydrogen-bond acceptors (Lipinski definition) is 8. The lowest BCUT2D eigenvalue weighted by atomic mass is 9.56. The summed E-state index contributed by atoms with van der Waals surface area (Å²) in [7, 11) is 0. The largest absolute Gasteiger partial charge is 0.459 e. The molecule has 0 radical (unpaired) electrons. The second-order valence-corrected chi connectivity index (χ2v) is 11.2. The van der Waals surface area contributed by atoms with Crippen molar-refractivity contribution in [3.05, 3.63) is 12.2 Å². The lowest BCUT2D eigenvalue weighted by Gasteiger charge is -2.52. The van der Waals surface area contributed by atoms with Gasteiger partial charge < -0.3 is 19.3 Å². The standard InChI is InChI=1S/C26H42O8/c1-8-9-20(29)33-25(6)11-10-18(34-30)15(4)12-19-23-22(24(25)31-19)21(14(2)3)17(28)13-26(23,7)32-16(5)27/h14,17-19,21-24,28,30H,4,8-13H2,1-3,5-7H3/t17-,18+,19-,21+,22-,23-,24-,25-,26-/m1/s1. The van der Waals surface area contributed by atoms with Crippen molar-refractivity contribution in [2.75, 3.05) is 0 Å². The first-order valence-electron chi connectivity index (χ1n) is 12.6. The number of esters is 2. The first-order chi connectivity index (χ1) is 15.9. The zero-order chi connectivity index (χ0) is 25.4. The predicted molar refractivity (Wildman–Crippen MR) is 125 cm³/mol. The van der Waals surface area contributed by atoms with Crippen molar-refractivity contribution in [1.29, 1.82) is 0 Å².